The van der Waals surface area contributed by atoms with Crippen molar-refractivity contribution in [3.63, 3.8) is 0 Å². The van der Waals surface area contributed by atoms with Crippen LogP contribution in [0, 0.1) is 0 Å². The molecule has 0 amide bonds. The summed E-state index contributed by atoms with van der Waals surface area (Å²) in [7, 11) is -3.12. The van der Waals surface area contributed by atoms with Crippen molar-refractivity contribution in [1.82, 2.24) is 4.72 Å². The molecule has 1 aliphatic heterocycles. The lowest BCUT2D eigenvalue weighted by Crippen LogP contribution is -2.57. The summed E-state index contributed by atoms with van der Waals surface area (Å²) in [6.07, 6.45) is 3.04. The summed E-state index contributed by atoms with van der Waals surface area (Å²) in [5.74, 6) is 0. The van der Waals surface area contributed by atoms with Crippen molar-refractivity contribution >= 4 is 10.0 Å². The lowest BCUT2D eigenvalue weighted by molar-refractivity contribution is 0.0403. The van der Waals surface area contributed by atoms with Gasteiger partial charge >= 0.3 is 0 Å². The van der Waals surface area contributed by atoms with E-state index in [9.17, 15) is 8.42 Å². The minimum Gasteiger partial charge on any atom is -0.378 e. The third kappa shape index (κ3) is 1.73. The highest BCUT2D eigenvalue weighted by molar-refractivity contribution is 7.90. The van der Waals surface area contributed by atoms with Crippen molar-refractivity contribution in [3.05, 3.63) is 0 Å². The van der Waals surface area contributed by atoms with Gasteiger partial charge in [-0.2, -0.15) is 0 Å². The van der Waals surface area contributed by atoms with Gasteiger partial charge in [0.05, 0.1) is 13.2 Å². The minimum atomic E-state index is -3.12. The molecule has 1 saturated carbocycles. The summed E-state index contributed by atoms with van der Waals surface area (Å²) in [5, 5.41) is -0.315. The van der Waals surface area contributed by atoms with Crippen molar-refractivity contribution in [2.24, 2.45) is 0 Å². The van der Waals surface area contributed by atoms with Crippen molar-refractivity contribution < 1.29 is 13.2 Å². The Morgan fingerprint density at radius 1 is 1.38 bits per heavy atom. The first-order valence-corrected chi connectivity index (χ1v) is 6.17. The third-order valence-electron chi connectivity index (χ3n) is 2.89. The van der Waals surface area contributed by atoms with Gasteiger partial charge in [0, 0.05) is 5.54 Å². The van der Waals surface area contributed by atoms with Crippen molar-refractivity contribution in [3.8, 4) is 0 Å². The lowest BCUT2D eigenvalue weighted by atomic mass is 9.80. The van der Waals surface area contributed by atoms with Crippen LogP contribution in [-0.2, 0) is 14.8 Å². The first-order valence-electron chi connectivity index (χ1n) is 4.62. The van der Waals surface area contributed by atoms with Gasteiger partial charge in [-0.3, -0.25) is 0 Å². The highest BCUT2D eigenvalue weighted by Crippen LogP contribution is 2.32. The van der Waals surface area contributed by atoms with E-state index < -0.39 is 10.0 Å². The summed E-state index contributed by atoms with van der Waals surface area (Å²) in [6.45, 7) is 2.67. The Balaban J connectivity index is 1.99. The lowest BCUT2D eigenvalue weighted by Gasteiger charge is -2.40. The number of rotatable bonds is 3. The van der Waals surface area contributed by atoms with E-state index in [1.807, 2.05) is 6.92 Å². The molecule has 5 heteroatoms. The van der Waals surface area contributed by atoms with Crippen molar-refractivity contribution in [1.29, 1.82) is 0 Å². The third-order valence-corrected chi connectivity index (χ3v) is 4.82. The van der Waals surface area contributed by atoms with E-state index in [1.165, 1.54) is 0 Å². The number of nitrogens with one attached hydrogen (secondary N) is 1. The molecule has 0 unspecified atom stereocenters. The van der Waals surface area contributed by atoms with Gasteiger partial charge in [0.1, 0.15) is 5.25 Å². The Hall–Kier alpha value is -0.130. The molecule has 76 valence electrons. The summed E-state index contributed by atoms with van der Waals surface area (Å²) in [4.78, 5) is 0. The zero-order valence-electron chi connectivity index (χ0n) is 7.75. The molecule has 4 nitrogen and oxygen atoms in total. The molecule has 2 fully saturated rings. The molecule has 13 heavy (non-hydrogen) atoms. The second-order valence-electron chi connectivity index (χ2n) is 4.22. The van der Waals surface area contributed by atoms with Crippen LogP contribution in [0.25, 0.3) is 0 Å². The molecular weight excluding hydrogens is 190 g/mol. The smallest absolute Gasteiger partial charge is 0.219 e. The predicted molar refractivity (Wildman–Crippen MR) is 48.9 cm³/mol. The van der Waals surface area contributed by atoms with Gasteiger partial charge in [0.2, 0.25) is 10.0 Å². The molecule has 2 aliphatic rings. The molecule has 1 N–H and O–H groups in total. The summed E-state index contributed by atoms with van der Waals surface area (Å²) >= 11 is 0. The van der Waals surface area contributed by atoms with Gasteiger partial charge in [0.15, 0.2) is 0 Å². The van der Waals surface area contributed by atoms with Crippen LogP contribution >= 0.6 is 0 Å². The van der Waals surface area contributed by atoms with Gasteiger partial charge in [-0.15, -0.1) is 0 Å². The second-order valence-corrected chi connectivity index (χ2v) is 6.18. The van der Waals surface area contributed by atoms with Crippen LogP contribution in [0.15, 0.2) is 0 Å². The molecule has 0 atom stereocenters. The first-order chi connectivity index (χ1) is 6.02. The largest absolute Gasteiger partial charge is 0.378 e. The molecule has 0 aromatic heterocycles. The highest BCUT2D eigenvalue weighted by atomic mass is 32.2. The molecule has 1 heterocycles. The van der Waals surface area contributed by atoms with Crippen molar-refractivity contribution in [2.45, 2.75) is 37.0 Å². The fraction of sp³-hybridized carbons (Fsp3) is 1.00. The Labute approximate surface area is 78.7 Å². The minimum absolute atomic E-state index is 0.172. The maximum Gasteiger partial charge on any atom is 0.219 e. The van der Waals surface area contributed by atoms with Gasteiger partial charge in [-0.25, -0.2) is 13.1 Å². The van der Waals surface area contributed by atoms with Crippen LogP contribution in [-0.4, -0.2) is 32.4 Å². The standard InChI is InChI=1S/C8H15NO3S/c1-8(3-2-4-8)9-13(10,11)7-5-12-6-7/h7,9H,2-6H2,1H3. The van der Waals surface area contributed by atoms with Crippen molar-refractivity contribution in [2.75, 3.05) is 13.2 Å². The van der Waals surface area contributed by atoms with E-state index in [0.29, 0.717) is 13.2 Å². The average Bonchev–Trinajstić information content (AvgIpc) is 1.77. The van der Waals surface area contributed by atoms with Gasteiger partial charge < -0.3 is 4.74 Å². The highest BCUT2D eigenvalue weighted by Gasteiger charge is 2.40. The van der Waals surface area contributed by atoms with Crippen LogP contribution < -0.4 is 4.72 Å². The fourth-order valence-corrected chi connectivity index (χ4v) is 3.24. The van der Waals surface area contributed by atoms with E-state index in [2.05, 4.69) is 4.72 Å². The maximum atomic E-state index is 11.6. The number of sulfonamides is 1. The van der Waals surface area contributed by atoms with Crippen LogP contribution in [0.1, 0.15) is 26.2 Å². The van der Waals surface area contributed by atoms with E-state index in [1.54, 1.807) is 0 Å². The first kappa shape index (κ1) is 9.43. The molecular formula is C8H15NO3S. The SMILES string of the molecule is CC1(NS(=O)(=O)C2COC2)CCC1. The van der Waals surface area contributed by atoms with E-state index in [0.717, 1.165) is 19.3 Å². The monoisotopic (exact) mass is 205 g/mol. The summed E-state index contributed by atoms with van der Waals surface area (Å²) < 4.78 is 30.9. The van der Waals surface area contributed by atoms with Crippen LogP contribution in [0.4, 0.5) is 0 Å². The predicted octanol–water partition coefficient (Wildman–Crippen LogP) is 0.247. The number of hydrogen-bond acceptors (Lipinski definition) is 3. The van der Waals surface area contributed by atoms with Crippen LogP contribution in [0.5, 0.6) is 0 Å². The molecule has 1 aliphatic carbocycles. The Bertz CT molecular complexity index is 291. The van der Waals surface area contributed by atoms with E-state index in [-0.39, 0.29) is 10.8 Å². The normalized spacial score (nSPS) is 27.8. The second kappa shape index (κ2) is 2.93. The Morgan fingerprint density at radius 2 is 2.00 bits per heavy atom. The van der Waals surface area contributed by atoms with Crippen LogP contribution in [0.2, 0.25) is 0 Å². The topological polar surface area (TPSA) is 55.4 Å². The zero-order chi connectivity index (χ0) is 9.53. The molecule has 2 rings (SSSR count). The Morgan fingerprint density at radius 3 is 2.31 bits per heavy atom. The van der Waals surface area contributed by atoms with Crippen LogP contribution in [0.3, 0.4) is 0 Å². The molecule has 0 bridgehead atoms. The van der Waals surface area contributed by atoms with E-state index >= 15 is 0 Å². The van der Waals surface area contributed by atoms with Gasteiger partial charge in [-0.05, 0) is 26.2 Å². The molecule has 0 spiro atoms. The molecule has 0 aromatic carbocycles. The zero-order valence-corrected chi connectivity index (χ0v) is 8.56. The fourth-order valence-electron chi connectivity index (χ4n) is 1.63. The average molecular weight is 205 g/mol. The molecule has 1 saturated heterocycles. The molecule has 0 radical (unpaired) electrons. The summed E-state index contributed by atoms with van der Waals surface area (Å²) in [6, 6.07) is 0. The van der Waals surface area contributed by atoms with Gasteiger partial charge in [-0.1, -0.05) is 0 Å². The van der Waals surface area contributed by atoms with E-state index in [4.69, 9.17) is 4.74 Å². The maximum absolute atomic E-state index is 11.6. The molecule has 0 aromatic rings. The van der Waals surface area contributed by atoms with Gasteiger partial charge in [0.25, 0.3) is 0 Å². The number of ether oxygens (including phenoxy) is 1. The summed E-state index contributed by atoms with van der Waals surface area (Å²) in [5.41, 5.74) is -0.172. The Kier molecular flexibility index (Phi) is 2.13. The number of hydrogen-bond donors (Lipinski definition) is 1. The quantitative estimate of drug-likeness (QED) is 0.718.